The van der Waals surface area contributed by atoms with E-state index in [2.05, 4.69) is 12.0 Å². The van der Waals surface area contributed by atoms with E-state index in [0.29, 0.717) is 30.6 Å². The van der Waals surface area contributed by atoms with E-state index in [1.807, 2.05) is 20.0 Å². The molecule has 0 aliphatic carbocycles. The van der Waals surface area contributed by atoms with Crippen LogP contribution in [0, 0.1) is 24.7 Å². The van der Waals surface area contributed by atoms with Crippen molar-refractivity contribution in [2.45, 2.75) is 47.0 Å². The van der Waals surface area contributed by atoms with Crippen LogP contribution in [0.25, 0.3) is 0 Å². The standard InChI is InChI=1S/C18H24FNO2/c1-6-11-20(5)16-12-14(7-2)15(18(19)13(16)4)9-10-17(21)22-8-3/h12H,7-10H2,1-5H3. The number of carbonyl (C=O) groups is 1. The number of halogens is 1. The van der Waals surface area contributed by atoms with Crippen LogP contribution in [0.15, 0.2) is 6.07 Å². The van der Waals surface area contributed by atoms with Crippen molar-refractivity contribution in [2.75, 3.05) is 18.6 Å². The minimum atomic E-state index is -0.292. The van der Waals surface area contributed by atoms with Gasteiger partial charge in [-0.2, -0.15) is 0 Å². The maximum atomic E-state index is 14.7. The van der Waals surface area contributed by atoms with Crippen LogP contribution in [0.3, 0.4) is 0 Å². The molecule has 0 aliphatic rings. The Hall–Kier alpha value is -2.02. The van der Waals surface area contributed by atoms with E-state index in [9.17, 15) is 9.18 Å². The molecule has 0 unspecified atom stereocenters. The molecule has 1 aromatic carbocycles. The molecule has 0 bridgehead atoms. The van der Waals surface area contributed by atoms with E-state index < -0.39 is 0 Å². The highest BCUT2D eigenvalue weighted by atomic mass is 19.1. The number of esters is 1. The number of carbonyl (C=O) groups excluding carboxylic acids is 1. The van der Waals surface area contributed by atoms with Crippen molar-refractivity contribution in [3.05, 3.63) is 28.6 Å². The molecule has 22 heavy (non-hydrogen) atoms. The molecule has 4 heteroatoms. The monoisotopic (exact) mass is 305 g/mol. The van der Waals surface area contributed by atoms with Crippen LogP contribution in [0.5, 0.6) is 0 Å². The molecular formula is C18H24FNO2. The highest BCUT2D eigenvalue weighted by molar-refractivity contribution is 5.70. The van der Waals surface area contributed by atoms with E-state index in [4.69, 9.17) is 4.74 Å². The molecule has 0 saturated carbocycles. The third-order valence-electron chi connectivity index (χ3n) is 3.58. The zero-order valence-corrected chi connectivity index (χ0v) is 14.0. The average Bonchev–Trinajstić information content (AvgIpc) is 2.49. The molecule has 0 aliphatic heterocycles. The van der Waals surface area contributed by atoms with E-state index in [-0.39, 0.29) is 18.2 Å². The van der Waals surface area contributed by atoms with Crippen molar-refractivity contribution in [1.29, 1.82) is 0 Å². The molecular weight excluding hydrogens is 281 g/mol. The van der Waals surface area contributed by atoms with Gasteiger partial charge in [-0.15, -0.1) is 0 Å². The minimum absolute atomic E-state index is 0.196. The van der Waals surface area contributed by atoms with Gasteiger partial charge in [0.15, 0.2) is 0 Å². The first-order valence-electron chi connectivity index (χ1n) is 7.58. The molecule has 0 spiro atoms. The Morgan fingerprint density at radius 1 is 1.41 bits per heavy atom. The summed E-state index contributed by atoms with van der Waals surface area (Å²) in [5.41, 5.74) is 2.84. The van der Waals surface area contributed by atoms with Crippen molar-refractivity contribution in [3.8, 4) is 12.0 Å². The zero-order chi connectivity index (χ0) is 16.7. The van der Waals surface area contributed by atoms with Gasteiger partial charge in [-0.1, -0.05) is 12.8 Å². The summed E-state index contributed by atoms with van der Waals surface area (Å²) >= 11 is 0. The van der Waals surface area contributed by atoms with Gasteiger partial charge in [-0.25, -0.2) is 4.39 Å². The normalized spacial score (nSPS) is 9.91. The first-order chi connectivity index (χ1) is 10.5. The SMILES string of the molecule is CC#CN(C)c1cc(CC)c(CCC(=O)OCC)c(F)c1C. The first-order valence-corrected chi connectivity index (χ1v) is 7.58. The number of rotatable bonds is 6. The summed E-state index contributed by atoms with van der Waals surface area (Å²) in [5, 5.41) is 0. The summed E-state index contributed by atoms with van der Waals surface area (Å²) in [4.78, 5) is 13.2. The van der Waals surface area contributed by atoms with Crippen LogP contribution in [-0.2, 0) is 22.4 Å². The molecule has 0 radical (unpaired) electrons. The van der Waals surface area contributed by atoms with Gasteiger partial charge in [-0.3, -0.25) is 4.79 Å². The summed E-state index contributed by atoms with van der Waals surface area (Å²) in [5.74, 6) is 2.27. The molecule has 0 saturated heterocycles. The van der Waals surface area contributed by atoms with E-state index >= 15 is 0 Å². The summed E-state index contributed by atoms with van der Waals surface area (Å²) in [6.45, 7) is 7.58. The smallest absolute Gasteiger partial charge is 0.306 e. The lowest BCUT2D eigenvalue weighted by Gasteiger charge is -2.19. The van der Waals surface area contributed by atoms with Gasteiger partial charge < -0.3 is 9.64 Å². The maximum Gasteiger partial charge on any atom is 0.306 e. The second-order valence-electron chi connectivity index (χ2n) is 5.05. The fraction of sp³-hybridized carbons (Fsp3) is 0.500. The topological polar surface area (TPSA) is 29.5 Å². The second kappa shape index (κ2) is 8.43. The first kappa shape index (κ1) is 18.0. The van der Waals surface area contributed by atoms with E-state index in [1.54, 1.807) is 25.7 Å². The molecule has 3 nitrogen and oxygen atoms in total. The molecule has 0 atom stereocenters. The van der Waals surface area contributed by atoms with Crippen LogP contribution < -0.4 is 4.90 Å². The number of anilines is 1. The zero-order valence-electron chi connectivity index (χ0n) is 14.0. The summed E-state index contributed by atoms with van der Waals surface area (Å²) in [6.07, 6.45) is 1.26. The third-order valence-corrected chi connectivity index (χ3v) is 3.58. The summed E-state index contributed by atoms with van der Waals surface area (Å²) in [7, 11) is 1.82. The maximum absolute atomic E-state index is 14.7. The van der Waals surface area contributed by atoms with Gasteiger partial charge in [0.25, 0.3) is 0 Å². The van der Waals surface area contributed by atoms with E-state index in [1.165, 1.54) is 0 Å². The van der Waals surface area contributed by atoms with Crippen molar-refractivity contribution in [3.63, 3.8) is 0 Å². The van der Waals surface area contributed by atoms with Crippen molar-refractivity contribution < 1.29 is 13.9 Å². The predicted molar refractivity (Wildman–Crippen MR) is 87.3 cm³/mol. The Morgan fingerprint density at radius 3 is 2.64 bits per heavy atom. The van der Waals surface area contributed by atoms with Crippen LogP contribution in [0.1, 0.15) is 43.9 Å². The minimum Gasteiger partial charge on any atom is -0.466 e. The molecule has 120 valence electrons. The Labute approximate surface area is 132 Å². The molecule has 1 rings (SSSR count). The molecule has 0 aromatic heterocycles. The van der Waals surface area contributed by atoms with Crippen molar-refractivity contribution >= 4 is 11.7 Å². The van der Waals surface area contributed by atoms with Crippen LogP contribution in [0.2, 0.25) is 0 Å². The van der Waals surface area contributed by atoms with Gasteiger partial charge in [0.05, 0.1) is 12.3 Å². The molecule has 0 fully saturated rings. The molecule has 0 N–H and O–H groups in total. The fourth-order valence-corrected chi connectivity index (χ4v) is 2.46. The van der Waals surface area contributed by atoms with Crippen LogP contribution in [0.4, 0.5) is 10.1 Å². The van der Waals surface area contributed by atoms with Gasteiger partial charge in [-0.05, 0) is 50.8 Å². The summed E-state index contributed by atoms with van der Waals surface area (Å²) < 4.78 is 19.6. The second-order valence-corrected chi connectivity index (χ2v) is 5.05. The average molecular weight is 305 g/mol. The Bertz CT molecular complexity index is 599. The van der Waals surface area contributed by atoms with E-state index in [0.717, 1.165) is 11.3 Å². The lowest BCUT2D eigenvalue weighted by molar-refractivity contribution is -0.143. The number of hydrogen-bond donors (Lipinski definition) is 0. The fourth-order valence-electron chi connectivity index (χ4n) is 2.46. The number of ether oxygens (including phenoxy) is 1. The van der Waals surface area contributed by atoms with Gasteiger partial charge in [0, 0.05) is 25.1 Å². The van der Waals surface area contributed by atoms with Crippen molar-refractivity contribution in [1.82, 2.24) is 0 Å². The predicted octanol–water partition coefficient (Wildman–Crippen LogP) is 3.61. The number of hydrogen-bond acceptors (Lipinski definition) is 3. The Kier molecular flexibility index (Phi) is 6.91. The molecule has 0 heterocycles. The van der Waals surface area contributed by atoms with Gasteiger partial charge >= 0.3 is 5.97 Å². The van der Waals surface area contributed by atoms with Crippen LogP contribution >= 0.6 is 0 Å². The molecule has 0 amide bonds. The number of benzene rings is 1. The third kappa shape index (κ3) is 4.24. The number of aryl methyl sites for hydroxylation is 1. The lowest BCUT2D eigenvalue weighted by atomic mass is 9.96. The quantitative estimate of drug-likeness (QED) is 0.457. The Balaban J connectivity index is 3.15. The largest absolute Gasteiger partial charge is 0.466 e. The highest BCUT2D eigenvalue weighted by Gasteiger charge is 2.17. The van der Waals surface area contributed by atoms with Gasteiger partial charge in [0.1, 0.15) is 5.82 Å². The van der Waals surface area contributed by atoms with Crippen molar-refractivity contribution in [2.24, 2.45) is 0 Å². The highest BCUT2D eigenvalue weighted by Crippen LogP contribution is 2.29. The van der Waals surface area contributed by atoms with Crippen LogP contribution in [-0.4, -0.2) is 19.6 Å². The lowest BCUT2D eigenvalue weighted by Crippen LogP contribution is -2.14. The summed E-state index contributed by atoms with van der Waals surface area (Å²) in [6, 6.07) is 4.87. The van der Waals surface area contributed by atoms with Gasteiger partial charge in [0.2, 0.25) is 0 Å². The Morgan fingerprint density at radius 2 is 2.09 bits per heavy atom. The molecule has 1 aromatic rings. The number of nitrogens with zero attached hydrogens (tertiary/aromatic N) is 1.